The predicted molar refractivity (Wildman–Crippen MR) is 125 cm³/mol. The van der Waals surface area contributed by atoms with Crippen LogP contribution in [-0.2, 0) is 14.1 Å². The highest BCUT2D eigenvalue weighted by Gasteiger charge is 2.29. The zero-order chi connectivity index (χ0) is 24.6. The van der Waals surface area contributed by atoms with E-state index in [1.54, 1.807) is 50.4 Å². The van der Waals surface area contributed by atoms with Crippen molar-refractivity contribution in [2.45, 2.75) is 6.92 Å². The first-order valence-electron chi connectivity index (χ1n) is 10.3. The number of benzene rings is 1. The maximum Gasteiger partial charge on any atom is 0.327 e. The normalized spacial score (nSPS) is 13.8. The molecule has 172 valence electrons. The van der Waals surface area contributed by atoms with Crippen LogP contribution in [0.5, 0.6) is 5.88 Å². The van der Waals surface area contributed by atoms with Crippen molar-refractivity contribution in [2.75, 3.05) is 5.01 Å². The highest BCUT2D eigenvalue weighted by Crippen LogP contribution is 2.19. The van der Waals surface area contributed by atoms with Gasteiger partial charge in [-0.15, -0.1) is 5.10 Å². The fourth-order valence-electron chi connectivity index (χ4n) is 3.60. The lowest BCUT2D eigenvalue weighted by Crippen LogP contribution is -2.44. The highest BCUT2D eigenvalue weighted by molar-refractivity contribution is 6.07. The third-order valence-electron chi connectivity index (χ3n) is 5.51. The van der Waals surface area contributed by atoms with Crippen LogP contribution < -0.4 is 37.6 Å². The Kier molecular flexibility index (Phi) is 5.72. The van der Waals surface area contributed by atoms with Gasteiger partial charge < -0.3 is 9.67 Å². The molecule has 0 fully saturated rings. The Labute approximate surface area is 192 Å². The zero-order valence-electron chi connectivity index (χ0n) is 18.6. The number of aromatic amines is 1. The molecule has 0 bridgehead atoms. The largest absolute Gasteiger partial charge is 0.859 e. The van der Waals surface area contributed by atoms with Crippen molar-refractivity contribution in [2.24, 2.45) is 19.2 Å². The molecule has 3 heterocycles. The number of nitrogens with one attached hydrogen (secondary N) is 1. The second kappa shape index (κ2) is 8.66. The molecule has 0 saturated carbocycles. The Bertz CT molecular complexity index is 1670. The van der Waals surface area contributed by atoms with Crippen molar-refractivity contribution in [1.29, 1.82) is 0 Å². The summed E-state index contributed by atoms with van der Waals surface area (Å²) in [5, 5.41) is 18.0. The van der Waals surface area contributed by atoms with Crippen LogP contribution in [0.25, 0.3) is 12.2 Å². The van der Waals surface area contributed by atoms with Crippen LogP contribution in [0.1, 0.15) is 21.5 Å². The summed E-state index contributed by atoms with van der Waals surface area (Å²) in [7, 11) is 2.81. The second-order valence-electron chi connectivity index (χ2n) is 7.60. The summed E-state index contributed by atoms with van der Waals surface area (Å²) in [6.45, 7) is 1.69. The minimum Gasteiger partial charge on any atom is -0.859 e. The summed E-state index contributed by atoms with van der Waals surface area (Å²) in [5.74, 6) is -1.04. The third kappa shape index (κ3) is 3.71. The summed E-state index contributed by atoms with van der Waals surface area (Å²) in [4.78, 5) is 51.3. The van der Waals surface area contributed by atoms with Crippen molar-refractivity contribution in [3.63, 3.8) is 0 Å². The number of rotatable bonds is 4. The molecule has 4 rings (SSSR count). The number of H-pyrrole nitrogens is 1. The number of amides is 1. The standard InChI is InChI=1S/C24H21N5O5/c1-14-16(12-8-5-9-13-17-20(30)25-24(34)28(3)22(17)32)21(31)27(2)19-18(14)23(33)29(26-19)15-10-6-4-7-11-15/h4-13,32H,1-3H3,(H,25,30,34)/p-1/b8-5?,13-9?,16-12+. The number of carbonyl (C=O) groups excluding carboxylic acids is 1. The molecule has 1 amide bonds. The number of pyridine rings is 1. The third-order valence-corrected chi connectivity index (χ3v) is 5.51. The lowest BCUT2D eigenvalue weighted by atomic mass is 10.1. The smallest absolute Gasteiger partial charge is 0.327 e. The van der Waals surface area contributed by atoms with Gasteiger partial charge in [0.25, 0.3) is 17.0 Å². The van der Waals surface area contributed by atoms with E-state index in [1.165, 1.54) is 34.9 Å². The molecule has 10 heteroatoms. The maximum atomic E-state index is 13.1. The number of fused-ring (bicyclic) bond motifs is 1. The average Bonchev–Trinajstić information content (AvgIpc) is 3.17. The van der Waals surface area contributed by atoms with Crippen molar-refractivity contribution >= 4 is 23.7 Å². The van der Waals surface area contributed by atoms with Gasteiger partial charge in [-0.25, -0.2) is 4.79 Å². The molecule has 0 atom stereocenters. The summed E-state index contributed by atoms with van der Waals surface area (Å²) < 4.78 is 2.13. The molecule has 0 radical (unpaired) electrons. The van der Waals surface area contributed by atoms with Gasteiger partial charge >= 0.3 is 5.69 Å². The number of carbonyl (C=O) groups is 1. The van der Waals surface area contributed by atoms with E-state index < -0.39 is 17.1 Å². The zero-order valence-corrected chi connectivity index (χ0v) is 18.6. The van der Waals surface area contributed by atoms with Gasteiger partial charge in [-0.1, -0.05) is 36.4 Å². The summed E-state index contributed by atoms with van der Waals surface area (Å²) >= 11 is 0. The Hall–Kier alpha value is -4.73. The van der Waals surface area contributed by atoms with Crippen LogP contribution >= 0.6 is 0 Å². The average molecular weight is 458 g/mol. The topological polar surface area (TPSA) is 133 Å². The van der Waals surface area contributed by atoms with Gasteiger partial charge in [-0.3, -0.25) is 23.9 Å². The highest BCUT2D eigenvalue weighted by atomic mass is 16.3. The fraction of sp³-hybridized carbons (Fsp3) is 0.125. The first-order valence-corrected chi connectivity index (χ1v) is 10.3. The maximum absolute atomic E-state index is 13.1. The molecular weight excluding hydrogens is 438 g/mol. The Balaban J connectivity index is 1.71. The Morgan fingerprint density at radius 1 is 0.971 bits per heavy atom. The van der Waals surface area contributed by atoms with E-state index in [9.17, 15) is 24.3 Å². The minimum atomic E-state index is -0.786. The van der Waals surface area contributed by atoms with E-state index in [4.69, 9.17) is 0 Å². The second-order valence-corrected chi connectivity index (χ2v) is 7.60. The van der Waals surface area contributed by atoms with E-state index in [1.807, 2.05) is 6.07 Å². The van der Waals surface area contributed by atoms with E-state index in [0.29, 0.717) is 22.0 Å². The molecule has 1 aliphatic heterocycles. The van der Waals surface area contributed by atoms with Crippen LogP contribution in [0.3, 0.4) is 0 Å². The first-order chi connectivity index (χ1) is 16.2. The van der Waals surface area contributed by atoms with Crippen LogP contribution in [0.2, 0.25) is 0 Å². The summed E-state index contributed by atoms with van der Waals surface area (Å²) in [5.41, 5.74) is -0.366. The molecular formula is C24H20N5O5-. The molecule has 0 unspecified atom stereocenters. The lowest BCUT2D eigenvalue weighted by molar-refractivity contribution is -0.279. The van der Waals surface area contributed by atoms with Crippen molar-refractivity contribution in [3.05, 3.63) is 107 Å². The molecule has 0 spiro atoms. The molecule has 10 nitrogen and oxygen atoms in total. The van der Waals surface area contributed by atoms with E-state index in [0.717, 1.165) is 4.57 Å². The van der Waals surface area contributed by atoms with Crippen molar-refractivity contribution < 1.29 is 9.90 Å². The van der Waals surface area contributed by atoms with E-state index >= 15 is 0 Å². The Morgan fingerprint density at radius 3 is 2.38 bits per heavy atom. The van der Waals surface area contributed by atoms with Gasteiger partial charge in [0.1, 0.15) is 0 Å². The summed E-state index contributed by atoms with van der Waals surface area (Å²) in [6, 6.07) is 8.93. The number of allylic oxidation sites excluding steroid dienone is 3. The van der Waals surface area contributed by atoms with Crippen LogP contribution in [0.4, 0.5) is 5.69 Å². The molecule has 1 aromatic carbocycles. The number of hydrogen-bond donors (Lipinski definition) is 1. The molecule has 1 aliphatic rings. The Morgan fingerprint density at radius 2 is 1.68 bits per heavy atom. The van der Waals surface area contributed by atoms with Crippen LogP contribution in [0.15, 0.2) is 68.0 Å². The van der Waals surface area contributed by atoms with Gasteiger partial charge in [-0.05, 0) is 42.7 Å². The van der Waals surface area contributed by atoms with Crippen molar-refractivity contribution in [3.8, 4) is 5.88 Å². The molecule has 2 aromatic heterocycles. The molecule has 3 aromatic rings. The molecule has 1 N–H and O–H groups in total. The van der Waals surface area contributed by atoms with Gasteiger partial charge in [0, 0.05) is 24.9 Å². The summed E-state index contributed by atoms with van der Waals surface area (Å²) in [6.07, 6.45) is 7.34. The van der Waals surface area contributed by atoms with Gasteiger partial charge in [0.2, 0.25) is 0 Å². The number of aromatic nitrogens is 3. The number of hydrogen-bond acceptors (Lipinski definition) is 6. The number of para-hydroxylation sites is 1. The quantitative estimate of drug-likeness (QED) is 0.522. The predicted octanol–water partition coefficient (Wildman–Crippen LogP) is -0.601. The lowest BCUT2D eigenvalue weighted by Gasteiger charge is -2.13. The van der Waals surface area contributed by atoms with Crippen LogP contribution in [0, 0.1) is 6.92 Å². The fourth-order valence-corrected chi connectivity index (χ4v) is 3.60. The van der Waals surface area contributed by atoms with Crippen molar-refractivity contribution in [1.82, 2.24) is 14.1 Å². The van der Waals surface area contributed by atoms with Gasteiger partial charge in [-0.2, -0.15) is 5.01 Å². The first kappa shape index (κ1) is 22.5. The monoisotopic (exact) mass is 458 g/mol. The van der Waals surface area contributed by atoms with Gasteiger partial charge in [0.15, 0.2) is 5.49 Å². The number of nitrogens with zero attached hydrogens (tertiary/aromatic N) is 4. The molecule has 0 saturated heterocycles. The van der Waals surface area contributed by atoms with Gasteiger partial charge in [0.05, 0.1) is 11.3 Å². The van der Waals surface area contributed by atoms with E-state index in [2.05, 4.69) is 10.1 Å². The van der Waals surface area contributed by atoms with Crippen LogP contribution in [-0.4, -0.2) is 20.0 Å². The molecule has 0 aliphatic carbocycles. The minimum absolute atomic E-state index is 0.190. The SMILES string of the molecule is Cc1c2c(n(C)c(=O)/c1=C/C=CC=Cc1c([O-])n(C)c(=O)[nH]c1=O)=NN(c1ccccc1)C2=O. The molecule has 34 heavy (non-hydrogen) atoms. The number of anilines is 1. The van der Waals surface area contributed by atoms with E-state index in [-0.39, 0.29) is 22.5 Å².